The summed E-state index contributed by atoms with van der Waals surface area (Å²) in [5.41, 5.74) is 4.38. The Kier molecular flexibility index (Phi) is 8.06. The molecule has 0 radical (unpaired) electrons. The van der Waals surface area contributed by atoms with Crippen LogP contribution in [0, 0.1) is 0 Å². The van der Waals surface area contributed by atoms with Crippen molar-refractivity contribution in [1.29, 1.82) is 0 Å². The van der Waals surface area contributed by atoms with Crippen molar-refractivity contribution in [3.8, 4) is 11.1 Å². The van der Waals surface area contributed by atoms with E-state index in [0.29, 0.717) is 12.8 Å². The summed E-state index contributed by atoms with van der Waals surface area (Å²) in [6.07, 6.45) is -0.286. The quantitative estimate of drug-likeness (QED) is 0.437. The van der Waals surface area contributed by atoms with Gasteiger partial charge in [-0.05, 0) is 35.6 Å². The first kappa shape index (κ1) is 24.3. The Hall–Kier alpha value is -3.39. The van der Waals surface area contributed by atoms with Gasteiger partial charge in [0, 0.05) is 5.92 Å². The van der Waals surface area contributed by atoms with Crippen molar-refractivity contribution < 1.29 is 29.3 Å². The number of carbonyl (C=O) groups excluding carboxylic acids is 2. The van der Waals surface area contributed by atoms with Gasteiger partial charge in [0.05, 0.1) is 6.10 Å². The van der Waals surface area contributed by atoms with Crippen LogP contribution in [0.4, 0.5) is 4.79 Å². The molecule has 4 N–H and O–H groups in total. The molecule has 33 heavy (non-hydrogen) atoms. The van der Waals surface area contributed by atoms with Crippen molar-refractivity contribution in [2.75, 3.05) is 6.61 Å². The van der Waals surface area contributed by atoms with Crippen molar-refractivity contribution in [2.24, 2.45) is 0 Å². The summed E-state index contributed by atoms with van der Waals surface area (Å²) >= 11 is 0. The zero-order chi connectivity index (χ0) is 24.0. The number of hydrogen-bond donors (Lipinski definition) is 4. The molecular weight excluding hydrogens is 424 g/mol. The predicted molar refractivity (Wildman–Crippen MR) is 123 cm³/mol. The number of aliphatic carboxylic acids is 1. The van der Waals surface area contributed by atoms with E-state index >= 15 is 0 Å². The molecule has 0 aliphatic heterocycles. The van der Waals surface area contributed by atoms with Crippen LogP contribution >= 0.6 is 0 Å². The third kappa shape index (κ3) is 5.70. The van der Waals surface area contributed by atoms with Crippen molar-refractivity contribution in [3.05, 3.63) is 59.7 Å². The van der Waals surface area contributed by atoms with Gasteiger partial charge in [0.15, 0.2) is 6.04 Å². The van der Waals surface area contributed by atoms with E-state index in [1.165, 1.54) is 6.92 Å². The second-order valence-electron chi connectivity index (χ2n) is 8.23. The highest BCUT2D eigenvalue weighted by atomic mass is 16.5. The van der Waals surface area contributed by atoms with Crippen LogP contribution in [0.2, 0.25) is 0 Å². The number of benzene rings is 2. The summed E-state index contributed by atoms with van der Waals surface area (Å²) in [5, 5.41) is 23.7. The minimum Gasteiger partial charge on any atom is -0.480 e. The standard InChI is InChI=1S/C25H30N2O6/c1-3-4-13-21(23(29)27-22(15(2)28)24(30)31)26-25(32)33-14-20-18-11-7-5-9-16(18)17-10-6-8-12-19(17)20/h5-12,15,20-22,28H,3-4,13-14H2,1-2H3,(H,26,32)(H,27,29)(H,30,31). The molecule has 3 rings (SSSR count). The van der Waals surface area contributed by atoms with Crippen LogP contribution in [0.1, 0.15) is 50.2 Å². The number of carbonyl (C=O) groups is 3. The average Bonchev–Trinajstić information content (AvgIpc) is 3.12. The number of rotatable bonds is 10. The second kappa shape index (κ2) is 11.0. The molecule has 0 bridgehead atoms. The third-order valence-electron chi connectivity index (χ3n) is 5.84. The number of aliphatic hydroxyl groups is 1. The van der Waals surface area contributed by atoms with Crippen LogP contribution in [0.25, 0.3) is 11.1 Å². The van der Waals surface area contributed by atoms with Crippen LogP contribution in [0.3, 0.4) is 0 Å². The van der Waals surface area contributed by atoms with Crippen LogP contribution < -0.4 is 10.6 Å². The van der Waals surface area contributed by atoms with E-state index in [1.54, 1.807) is 0 Å². The number of alkyl carbamates (subject to hydrolysis) is 1. The Balaban J connectivity index is 1.66. The van der Waals surface area contributed by atoms with Crippen LogP contribution in [-0.2, 0) is 14.3 Å². The highest BCUT2D eigenvalue weighted by Gasteiger charge is 2.31. The van der Waals surface area contributed by atoms with Gasteiger partial charge in [0.1, 0.15) is 12.6 Å². The molecule has 8 heteroatoms. The lowest BCUT2D eigenvalue weighted by Gasteiger charge is -2.23. The monoisotopic (exact) mass is 454 g/mol. The van der Waals surface area contributed by atoms with E-state index < -0.39 is 36.2 Å². The Labute approximate surface area is 193 Å². The molecule has 3 unspecified atom stereocenters. The maximum atomic E-state index is 12.6. The highest BCUT2D eigenvalue weighted by molar-refractivity contribution is 5.89. The van der Waals surface area contributed by atoms with Crippen molar-refractivity contribution >= 4 is 18.0 Å². The van der Waals surface area contributed by atoms with Crippen molar-refractivity contribution in [2.45, 2.75) is 57.2 Å². The van der Waals surface area contributed by atoms with Crippen LogP contribution in [0.15, 0.2) is 48.5 Å². The lowest BCUT2D eigenvalue weighted by molar-refractivity contribution is -0.145. The minimum absolute atomic E-state index is 0.105. The fourth-order valence-corrected chi connectivity index (χ4v) is 4.10. The summed E-state index contributed by atoms with van der Waals surface area (Å²) in [5.74, 6) is -2.14. The smallest absolute Gasteiger partial charge is 0.407 e. The number of fused-ring (bicyclic) bond motifs is 3. The predicted octanol–water partition coefficient (Wildman–Crippen LogP) is 3.03. The Morgan fingerprint density at radius 2 is 1.58 bits per heavy atom. The number of nitrogens with one attached hydrogen (secondary N) is 2. The molecule has 0 fully saturated rings. The van der Waals surface area contributed by atoms with E-state index in [-0.39, 0.29) is 12.5 Å². The number of carboxylic acid groups (broad SMARTS) is 1. The van der Waals surface area contributed by atoms with E-state index in [9.17, 15) is 24.6 Å². The zero-order valence-electron chi connectivity index (χ0n) is 18.8. The molecule has 2 amide bonds. The van der Waals surface area contributed by atoms with Gasteiger partial charge >= 0.3 is 12.1 Å². The first-order chi connectivity index (χ1) is 15.8. The molecule has 8 nitrogen and oxygen atoms in total. The van der Waals surface area contributed by atoms with Gasteiger partial charge in [0.25, 0.3) is 0 Å². The zero-order valence-corrected chi connectivity index (χ0v) is 18.8. The van der Waals surface area contributed by atoms with E-state index in [2.05, 4.69) is 10.6 Å². The topological polar surface area (TPSA) is 125 Å². The molecular formula is C25H30N2O6. The average molecular weight is 455 g/mol. The van der Waals surface area contributed by atoms with Gasteiger partial charge in [-0.2, -0.15) is 0 Å². The maximum Gasteiger partial charge on any atom is 0.407 e. The first-order valence-electron chi connectivity index (χ1n) is 11.2. The lowest BCUT2D eigenvalue weighted by Crippen LogP contribution is -2.54. The fraction of sp³-hybridized carbons (Fsp3) is 0.400. The molecule has 0 spiro atoms. The maximum absolute atomic E-state index is 12.6. The van der Waals surface area contributed by atoms with Gasteiger partial charge in [-0.1, -0.05) is 68.3 Å². The van der Waals surface area contributed by atoms with E-state index in [0.717, 1.165) is 28.7 Å². The van der Waals surface area contributed by atoms with Crippen molar-refractivity contribution in [1.82, 2.24) is 10.6 Å². The van der Waals surface area contributed by atoms with Crippen LogP contribution in [-0.4, -0.2) is 53.0 Å². The van der Waals surface area contributed by atoms with Gasteiger partial charge < -0.3 is 25.6 Å². The van der Waals surface area contributed by atoms with E-state index in [4.69, 9.17) is 4.74 Å². The fourth-order valence-electron chi connectivity index (χ4n) is 4.10. The summed E-state index contributed by atoms with van der Waals surface area (Å²) in [7, 11) is 0. The number of aliphatic hydroxyl groups excluding tert-OH is 1. The SMILES string of the molecule is CCCCC(NC(=O)OCC1c2ccccc2-c2ccccc21)C(=O)NC(C(=O)O)C(C)O. The molecule has 1 aliphatic carbocycles. The number of ether oxygens (including phenoxy) is 1. The van der Waals surface area contributed by atoms with Crippen molar-refractivity contribution in [3.63, 3.8) is 0 Å². The summed E-state index contributed by atoms with van der Waals surface area (Å²) in [6.45, 7) is 3.32. The Morgan fingerprint density at radius 3 is 2.09 bits per heavy atom. The molecule has 2 aromatic carbocycles. The third-order valence-corrected chi connectivity index (χ3v) is 5.84. The molecule has 176 valence electrons. The summed E-state index contributed by atoms with van der Waals surface area (Å²) in [4.78, 5) is 36.5. The molecule has 3 atom stereocenters. The molecule has 0 saturated heterocycles. The van der Waals surface area contributed by atoms with Gasteiger partial charge in [0.2, 0.25) is 5.91 Å². The minimum atomic E-state index is -1.47. The summed E-state index contributed by atoms with van der Waals surface area (Å²) < 4.78 is 5.50. The Morgan fingerprint density at radius 1 is 1.00 bits per heavy atom. The molecule has 2 aromatic rings. The van der Waals surface area contributed by atoms with E-state index in [1.807, 2.05) is 55.5 Å². The lowest BCUT2D eigenvalue weighted by atomic mass is 9.98. The highest BCUT2D eigenvalue weighted by Crippen LogP contribution is 2.44. The van der Waals surface area contributed by atoms with Gasteiger partial charge in [-0.15, -0.1) is 0 Å². The molecule has 0 heterocycles. The number of hydrogen-bond acceptors (Lipinski definition) is 5. The number of unbranched alkanes of at least 4 members (excludes halogenated alkanes) is 1. The molecule has 0 saturated carbocycles. The normalized spacial score (nSPS) is 15.0. The second-order valence-corrected chi connectivity index (χ2v) is 8.23. The largest absolute Gasteiger partial charge is 0.480 e. The Bertz CT molecular complexity index is 960. The molecule has 0 aromatic heterocycles. The first-order valence-corrected chi connectivity index (χ1v) is 11.2. The number of carboxylic acids is 1. The van der Waals surface area contributed by atoms with Crippen LogP contribution in [0.5, 0.6) is 0 Å². The van der Waals surface area contributed by atoms with Gasteiger partial charge in [-0.25, -0.2) is 9.59 Å². The molecule has 1 aliphatic rings. The number of amides is 2. The summed E-state index contributed by atoms with van der Waals surface area (Å²) in [6, 6.07) is 13.5. The van der Waals surface area contributed by atoms with Gasteiger partial charge in [-0.3, -0.25) is 4.79 Å².